The van der Waals surface area contributed by atoms with Gasteiger partial charge in [-0.2, -0.15) is 0 Å². The second-order valence-corrected chi connectivity index (χ2v) is 6.30. The number of hydrogen-bond acceptors (Lipinski definition) is 4. The maximum Gasteiger partial charge on any atom is 0.308 e. The molecule has 0 saturated carbocycles. The lowest BCUT2D eigenvalue weighted by atomic mass is 9.89. The second kappa shape index (κ2) is 5.44. The van der Waals surface area contributed by atoms with E-state index in [2.05, 4.69) is 4.98 Å². The van der Waals surface area contributed by atoms with Gasteiger partial charge in [0.25, 0.3) is 0 Å². The van der Waals surface area contributed by atoms with Crippen LogP contribution in [0.4, 0.5) is 0 Å². The molecule has 0 spiro atoms. The molecule has 2 saturated heterocycles. The monoisotopic (exact) mass is 292 g/mol. The Morgan fingerprint density at radius 2 is 2.10 bits per heavy atom. The van der Waals surface area contributed by atoms with Gasteiger partial charge in [-0.1, -0.05) is 0 Å². The molecule has 5 nitrogen and oxygen atoms in total. The molecule has 3 unspecified atom stereocenters. The van der Waals surface area contributed by atoms with Crippen molar-refractivity contribution in [2.24, 2.45) is 5.92 Å². The van der Waals surface area contributed by atoms with E-state index in [0.29, 0.717) is 12.2 Å². The molecule has 3 atom stereocenters. The van der Waals surface area contributed by atoms with Crippen LogP contribution in [0.3, 0.4) is 0 Å². The van der Waals surface area contributed by atoms with Crippen LogP contribution >= 0.6 is 11.8 Å². The zero-order chi connectivity index (χ0) is 14.1. The molecular weight excluding hydrogens is 276 g/mol. The summed E-state index contributed by atoms with van der Waals surface area (Å²) < 4.78 is 0. The number of carboxylic acids is 1. The zero-order valence-corrected chi connectivity index (χ0v) is 11.8. The van der Waals surface area contributed by atoms with Crippen molar-refractivity contribution < 1.29 is 14.7 Å². The molecule has 2 fully saturated rings. The average Bonchev–Trinajstić information content (AvgIpc) is 3.03. The topological polar surface area (TPSA) is 70.5 Å². The van der Waals surface area contributed by atoms with Gasteiger partial charge in [0.1, 0.15) is 0 Å². The summed E-state index contributed by atoms with van der Waals surface area (Å²) >= 11 is 1.48. The standard InChI is InChI=1S/C14H16N2O3S/c17-13(8-20-10-3-5-15-6-4-10)16-9-1-2-12(16)11(7-9)14(18)19/h3-6,9,11-12H,1-2,7-8H2,(H,18,19). The summed E-state index contributed by atoms with van der Waals surface area (Å²) in [5.41, 5.74) is 0. The summed E-state index contributed by atoms with van der Waals surface area (Å²) in [4.78, 5) is 30.3. The first-order chi connectivity index (χ1) is 9.66. The molecule has 0 aliphatic carbocycles. The van der Waals surface area contributed by atoms with Crippen LogP contribution in [0.1, 0.15) is 19.3 Å². The highest BCUT2D eigenvalue weighted by Gasteiger charge is 2.50. The van der Waals surface area contributed by atoms with E-state index in [0.717, 1.165) is 17.7 Å². The lowest BCUT2D eigenvalue weighted by Crippen LogP contribution is -2.38. The fourth-order valence-electron chi connectivity index (χ4n) is 3.30. The van der Waals surface area contributed by atoms with Gasteiger partial charge in [0, 0.05) is 29.4 Å². The van der Waals surface area contributed by atoms with E-state index >= 15 is 0 Å². The molecule has 2 aliphatic heterocycles. The van der Waals surface area contributed by atoms with E-state index in [1.54, 1.807) is 12.4 Å². The fraction of sp³-hybridized carbons (Fsp3) is 0.500. The highest BCUT2D eigenvalue weighted by atomic mass is 32.2. The van der Waals surface area contributed by atoms with Crippen molar-refractivity contribution in [3.8, 4) is 0 Å². The number of rotatable bonds is 4. The normalized spacial score (nSPS) is 27.8. The predicted molar refractivity (Wildman–Crippen MR) is 74.4 cm³/mol. The first kappa shape index (κ1) is 13.4. The molecule has 0 aromatic carbocycles. The molecule has 1 aromatic rings. The third-order valence-electron chi connectivity index (χ3n) is 4.15. The van der Waals surface area contributed by atoms with Gasteiger partial charge in [-0.15, -0.1) is 11.8 Å². The first-order valence-electron chi connectivity index (χ1n) is 6.73. The number of carbonyl (C=O) groups excluding carboxylic acids is 1. The molecule has 2 bridgehead atoms. The van der Waals surface area contributed by atoms with Crippen LogP contribution in [0, 0.1) is 5.92 Å². The Balaban J connectivity index is 1.62. The Kier molecular flexibility index (Phi) is 3.65. The van der Waals surface area contributed by atoms with Gasteiger partial charge in [0.2, 0.25) is 5.91 Å². The number of thioether (sulfide) groups is 1. The van der Waals surface area contributed by atoms with Gasteiger partial charge in [0.15, 0.2) is 0 Å². The lowest BCUT2D eigenvalue weighted by molar-refractivity contribution is -0.143. The molecule has 3 heterocycles. The molecule has 20 heavy (non-hydrogen) atoms. The van der Waals surface area contributed by atoms with Crippen LogP contribution in [0.2, 0.25) is 0 Å². The molecule has 0 radical (unpaired) electrons. The van der Waals surface area contributed by atoms with E-state index < -0.39 is 5.97 Å². The fourth-order valence-corrected chi connectivity index (χ4v) is 4.05. The third kappa shape index (κ3) is 2.40. The largest absolute Gasteiger partial charge is 0.481 e. The summed E-state index contributed by atoms with van der Waals surface area (Å²) in [6, 6.07) is 3.78. The van der Waals surface area contributed by atoms with Crippen LogP contribution < -0.4 is 0 Å². The van der Waals surface area contributed by atoms with E-state index in [4.69, 9.17) is 0 Å². The van der Waals surface area contributed by atoms with Crippen molar-refractivity contribution in [1.29, 1.82) is 0 Å². The van der Waals surface area contributed by atoms with Gasteiger partial charge in [-0.05, 0) is 31.4 Å². The summed E-state index contributed by atoms with van der Waals surface area (Å²) in [5.74, 6) is -0.716. The van der Waals surface area contributed by atoms with Crippen molar-refractivity contribution in [2.45, 2.75) is 36.2 Å². The van der Waals surface area contributed by atoms with E-state index in [1.807, 2.05) is 17.0 Å². The minimum Gasteiger partial charge on any atom is -0.481 e. The molecule has 3 rings (SSSR count). The minimum absolute atomic E-state index is 0.0584. The number of aliphatic carboxylic acids is 1. The minimum atomic E-state index is -0.767. The molecule has 2 aliphatic rings. The SMILES string of the molecule is O=C(O)C1CC2CCC1N2C(=O)CSc1ccncc1. The number of pyridine rings is 1. The van der Waals surface area contributed by atoms with Gasteiger partial charge in [-0.25, -0.2) is 0 Å². The van der Waals surface area contributed by atoms with Crippen LogP contribution in [0.5, 0.6) is 0 Å². The van der Waals surface area contributed by atoms with Gasteiger partial charge in [-0.3, -0.25) is 14.6 Å². The van der Waals surface area contributed by atoms with Crippen molar-refractivity contribution in [3.05, 3.63) is 24.5 Å². The lowest BCUT2D eigenvalue weighted by Gasteiger charge is -2.22. The Hall–Kier alpha value is -1.56. The Morgan fingerprint density at radius 3 is 2.75 bits per heavy atom. The molecular formula is C14H16N2O3S. The Labute approximate surface area is 121 Å². The number of hydrogen-bond donors (Lipinski definition) is 1. The Morgan fingerprint density at radius 1 is 1.35 bits per heavy atom. The summed E-state index contributed by atoms with van der Waals surface area (Å²) in [6.07, 6.45) is 5.79. The summed E-state index contributed by atoms with van der Waals surface area (Å²) in [6.45, 7) is 0. The van der Waals surface area contributed by atoms with Crippen LogP contribution in [-0.4, -0.2) is 44.7 Å². The Bertz CT molecular complexity index is 522. The van der Waals surface area contributed by atoms with Crippen molar-refractivity contribution in [2.75, 3.05) is 5.75 Å². The predicted octanol–water partition coefficient (Wildman–Crippen LogP) is 1.64. The van der Waals surface area contributed by atoms with E-state index in [1.165, 1.54) is 11.8 Å². The first-order valence-corrected chi connectivity index (χ1v) is 7.72. The average molecular weight is 292 g/mol. The maximum atomic E-state index is 12.3. The quantitative estimate of drug-likeness (QED) is 0.854. The third-order valence-corrected chi connectivity index (χ3v) is 5.15. The number of carboxylic acid groups (broad SMARTS) is 1. The van der Waals surface area contributed by atoms with Crippen molar-refractivity contribution in [3.63, 3.8) is 0 Å². The van der Waals surface area contributed by atoms with E-state index in [-0.39, 0.29) is 23.9 Å². The van der Waals surface area contributed by atoms with Crippen molar-refractivity contribution in [1.82, 2.24) is 9.88 Å². The number of aromatic nitrogens is 1. The maximum absolute atomic E-state index is 12.3. The molecule has 1 amide bonds. The van der Waals surface area contributed by atoms with Gasteiger partial charge < -0.3 is 10.0 Å². The number of carbonyl (C=O) groups is 2. The highest BCUT2D eigenvalue weighted by Crippen LogP contribution is 2.42. The number of amides is 1. The summed E-state index contributed by atoms with van der Waals surface area (Å²) in [5, 5.41) is 9.19. The molecule has 106 valence electrons. The van der Waals surface area contributed by atoms with Crippen molar-refractivity contribution >= 4 is 23.6 Å². The van der Waals surface area contributed by atoms with Gasteiger partial charge in [0.05, 0.1) is 11.7 Å². The zero-order valence-electron chi connectivity index (χ0n) is 10.9. The number of fused-ring (bicyclic) bond motifs is 2. The second-order valence-electron chi connectivity index (χ2n) is 5.25. The highest BCUT2D eigenvalue weighted by molar-refractivity contribution is 8.00. The molecule has 6 heteroatoms. The van der Waals surface area contributed by atoms with Crippen LogP contribution in [0.15, 0.2) is 29.4 Å². The number of nitrogens with zero attached hydrogens (tertiary/aromatic N) is 2. The van der Waals surface area contributed by atoms with Crippen LogP contribution in [-0.2, 0) is 9.59 Å². The molecule has 1 N–H and O–H groups in total. The van der Waals surface area contributed by atoms with E-state index in [9.17, 15) is 14.7 Å². The smallest absolute Gasteiger partial charge is 0.308 e. The van der Waals surface area contributed by atoms with Gasteiger partial charge >= 0.3 is 5.97 Å². The molecule has 1 aromatic heterocycles. The summed E-state index contributed by atoms with van der Waals surface area (Å²) in [7, 11) is 0. The van der Waals surface area contributed by atoms with Crippen LogP contribution in [0.25, 0.3) is 0 Å².